The van der Waals surface area contributed by atoms with E-state index in [-0.39, 0.29) is 5.41 Å². The van der Waals surface area contributed by atoms with Gasteiger partial charge in [0.15, 0.2) is 5.78 Å². The van der Waals surface area contributed by atoms with E-state index in [9.17, 15) is 4.79 Å². The number of carbonyl (C=O) groups is 1. The molecule has 0 aliphatic heterocycles. The second-order valence-corrected chi connectivity index (χ2v) is 5.15. The highest BCUT2D eigenvalue weighted by atomic mass is 16.1. The summed E-state index contributed by atoms with van der Waals surface area (Å²) in [5, 5.41) is 0. The zero-order valence-electron chi connectivity index (χ0n) is 9.57. The first kappa shape index (κ1) is 9.83. The molecule has 1 nitrogen and oxygen atoms in total. The molecule has 1 heteroatoms. The fourth-order valence-corrected chi connectivity index (χ4v) is 2.99. The summed E-state index contributed by atoms with van der Waals surface area (Å²) in [6.07, 6.45) is 5.09. The van der Waals surface area contributed by atoms with Crippen LogP contribution in [0.5, 0.6) is 0 Å². The molecule has 82 valence electrons. The molecule has 1 saturated carbocycles. The van der Waals surface area contributed by atoms with Crippen LogP contribution in [0.3, 0.4) is 0 Å². The van der Waals surface area contributed by atoms with Crippen LogP contribution in [0.15, 0.2) is 42.0 Å². The van der Waals surface area contributed by atoms with E-state index in [1.54, 1.807) is 0 Å². The molecule has 0 saturated heterocycles. The lowest BCUT2D eigenvalue weighted by Crippen LogP contribution is -2.20. The van der Waals surface area contributed by atoms with Gasteiger partial charge in [0.2, 0.25) is 0 Å². The van der Waals surface area contributed by atoms with Gasteiger partial charge < -0.3 is 0 Å². The van der Waals surface area contributed by atoms with Gasteiger partial charge in [0, 0.05) is 5.41 Å². The molecule has 3 rings (SSSR count). The smallest absolute Gasteiger partial charge is 0.162 e. The van der Waals surface area contributed by atoms with Crippen LogP contribution < -0.4 is 0 Å². The highest BCUT2D eigenvalue weighted by Gasteiger charge is 2.57. The Labute approximate surface area is 96.2 Å². The molecule has 0 N–H and O–H groups in total. The Morgan fingerprint density at radius 1 is 1.25 bits per heavy atom. The van der Waals surface area contributed by atoms with Crippen molar-refractivity contribution < 1.29 is 4.79 Å². The lowest BCUT2D eigenvalue weighted by atomic mass is 9.83. The Morgan fingerprint density at radius 2 is 1.94 bits per heavy atom. The predicted octanol–water partition coefficient (Wildman–Crippen LogP) is 3.15. The van der Waals surface area contributed by atoms with E-state index in [0.29, 0.717) is 11.7 Å². The van der Waals surface area contributed by atoms with E-state index in [2.05, 4.69) is 31.2 Å². The van der Waals surface area contributed by atoms with Gasteiger partial charge in [0.25, 0.3) is 0 Å². The molecule has 0 bridgehead atoms. The highest BCUT2D eigenvalue weighted by Crippen LogP contribution is 2.59. The van der Waals surface area contributed by atoms with Gasteiger partial charge in [-0.05, 0) is 43.7 Å². The largest absolute Gasteiger partial charge is 0.294 e. The molecule has 0 radical (unpaired) electrons. The van der Waals surface area contributed by atoms with Crippen molar-refractivity contribution in [1.82, 2.24) is 0 Å². The number of allylic oxidation sites excluding steroid dienone is 2. The lowest BCUT2D eigenvalue weighted by Gasteiger charge is -2.19. The molecule has 1 fully saturated rings. The van der Waals surface area contributed by atoms with Crippen LogP contribution in [0.2, 0.25) is 0 Å². The van der Waals surface area contributed by atoms with Gasteiger partial charge in [0.1, 0.15) is 0 Å². The zero-order chi connectivity index (χ0) is 11.2. The molecule has 16 heavy (non-hydrogen) atoms. The first-order chi connectivity index (χ1) is 7.72. The van der Waals surface area contributed by atoms with Crippen molar-refractivity contribution in [3.05, 3.63) is 47.5 Å². The maximum atomic E-state index is 11.9. The predicted molar refractivity (Wildman–Crippen MR) is 64.1 cm³/mol. The second kappa shape index (κ2) is 3.31. The molecule has 1 unspecified atom stereocenters. The summed E-state index contributed by atoms with van der Waals surface area (Å²) < 4.78 is 0. The summed E-state index contributed by atoms with van der Waals surface area (Å²) in [6.45, 7) is 2.11. The van der Waals surface area contributed by atoms with Gasteiger partial charge in [-0.1, -0.05) is 35.9 Å². The van der Waals surface area contributed by atoms with E-state index in [0.717, 1.165) is 19.3 Å². The maximum absolute atomic E-state index is 11.9. The van der Waals surface area contributed by atoms with Crippen molar-refractivity contribution in [2.45, 2.75) is 26.2 Å². The molecule has 1 spiro atoms. The molecule has 0 aromatic heterocycles. The molecular weight excluding hydrogens is 196 g/mol. The molecule has 1 atom stereocenters. The number of ketones is 1. The zero-order valence-corrected chi connectivity index (χ0v) is 9.57. The Bertz CT molecular complexity index is 452. The van der Waals surface area contributed by atoms with Gasteiger partial charge in [0.05, 0.1) is 0 Å². The number of hydrogen-bond donors (Lipinski definition) is 0. The Hall–Kier alpha value is -1.37. The second-order valence-electron chi connectivity index (χ2n) is 5.15. The van der Waals surface area contributed by atoms with Crippen molar-refractivity contribution in [3.8, 4) is 0 Å². The van der Waals surface area contributed by atoms with Crippen LogP contribution in [-0.4, -0.2) is 5.78 Å². The lowest BCUT2D eigenvalue weighted by molar-refractivity contribution is -0.119. The van der Waals surface area contributed by atoms with E-state index in [1.165, 1.54) is 11.1 Å². The SMILES string of the molecule is CC1=CC(=O)C2(CC2)C1Cc1ccccc1. The third-order valence-corrected chi connectivity index (χ3v) is 4.14. The van der Waals surface area contributed by atoms with E-state index in [4.69, 9.17) is 0 Å². The van der Waals surface area contributed by atoms with Crippen molar-refractivity contribution in [1.29, 1.82) is 0 Å². The van der Waals surface area contributed by atoms with Crippen LogP contribution in [-0.2, 0) is 11.2 Å². The van der Waals surface area contributed by atoms with Crippen LogP contribution in [0.25, 0.3) is 0 Å². The number of benzene rings is 1. The monoisotopic (exact) mass is 212 g/mol. The van der Waals surface area contributed by atoms with Gasteiger partial charge >= 0.3 is 0 Å². The van der Waals surface area contributed by atoms with Crippen LogP contribution in [0.4, 0.5) is 0 Å². The Kier molecular flexibility index (Phi) is 2.03. The van der Waals surface area contributed by atoms with Crippen LogP contribution in [0.1, 0.15) is 25.3 Å². The molecule has 0 heterocycles. The Morgan fingerprint density at radius 3 is 2.56 bits per heavy atom. The summed E-state index contributed by atoms with van der Waals surface area (Å²) in [6, 6.07) is 10.5. The van der Waals surface area contributed by atoms with Crippen LogP contribution >= 0.6 is 0 Å². The topological polar surface area (TPSA) is 17.1 Å². The molecular formula is C15H16O. The standard InChI is InChI=1S/C15H16O/c1-11-9-14(16)15(7-8-15)13(11)10-12-5-3-2-4-6-12/h2-6,9,13H,7-8,10H2,1H3. The van der Waals surface area contributed by atoms with Crippen molar-refractivity contribution in [3.63, 3.8) is 0 Å². The fraction of sp³-hybridized carbons (Fsp3) is 0.400. The molecule has 2 aliphatic rings. The van der Waals surface area contributed by atoms with Gasteiger partial charge in [-0.25, -0.2) is 0 Å². The third-order valence-electron chi connectivity index (χ3n) is 4.14. The number of carbonyl (C=O) groups excluding carboxylic acids is 1. The highest BCUT2D eigenvalue weighted by molar-refractivity contribution is 6.00. The molecule has 2 aliphatic carbocycles. The average Bonchev–Trinajstić information content (AvgIpc) is 3.04. The first-order valence-corrected chi connectivity index (χ1v) is 5.99. The number of hydrogen-bond acceptors (Lipinski definition) is 1. The summed E-state index contributed by atoms with van der Waals surface area (Å²) in [4.78, 5) is 11.9. The fourth-order valence-electron chi connectivity index (χ4n) is 2.99. The molecule has 1 aromatic rings. The minimum atomic E-state index is 0.0138. The molecule has 1 aromatic carbocycles. The normalized spacial score (nSPS) is 25.9. The Balaban J connectivity index is 1.86. The number of rotatable bonds is 2. The van der Waals surface area contributed by atoms with Crippen LogP contribution in [0, 0.1) is 11.3 Å². The van der Waals surface area contributed by atoms with Gasteiger partial charge in [-0.2, -0.15) is 0 Å². The van der Waals surface area contributed by atoms with E-state index in [1.807, 2.05) is 12.1 Å². The maximum Gasteiger partial charge on any atom is 0.162 e. The summed E-state index contributed by atoms with van der Waals surface area (Å²) in [7, 11) is 0. The summed E-state index contributed by atoms with van der Waals surface area (Å²) in [5.74, 6) is 0.841. The van der Waals surface area contributed by atoms with E-state index < -0.39 is 0 Å². The summed E-state index contributed by atoms with van der Waals surface area (Å²) in [5.41, 5.74) is 2.65. The van der Waals surface area contributed by atoms with Crippen molar-refractivity contribution in [2.24, 2.45) is 11.3 Å². The molecule has 0 amide bonds. The first-order valence-electron chi connectivity index (χ1n) is 5.99. The van der Waals surface area contributed by atoms with Gasteiger partial charge in [-0.3, -0.25) is 4.79 Å². The van der Waals surface area contributed by atoms with Crippen molar-refractivity contribution in [2.75, 3.05) is 0 Å². The van der Waals surface area contributed by atoms with Crippen molar-refractivity contribution >= 4 is 5.78 Å². The van der Waals surface area contributed by atoms with E-state index >= 15 is 0 Å². The minimum Gasteiger partial charge on any atom is -0.294 e. The average molecular weight is 212 g/mol. The minimum absolute atomic E-state index is 0.0138. The summed E-state index contributed by atoms with van der Waals surface area (Å²) >= 11 is 0. The quantitative estimate of drug-likeness (QED) is 0.736. The third kappa shape index (κ3) is 1.35. The van der Waals surface area contributed by atoms with Gasteiger partial charge in [-0.15, -0.1) is 0 Å².